The quantitative estimate of drug-likeness (QED) is 0.853. The summed E-state index contributed by atoms with van der Waals surface area (Å²) < 4.78 is 11.5. The van der Waals surface area contributed by atoms with E-state index < -0.39 is 0 Å². The molecule has 1 N–H and O–H groups in total. The molecule has 1 aromatic carbocycles. The molecule has 1 aliphatic carbocycles. The van der Waals surface area contributed by atoms with Gasteiger partial charge in [-0.1, -0.05) is 12.1 Å². The molecule has 3 nitrogen and oxygen atoms in total. The van der Waals surface area contributed by atoms with E-state index >= 15 is 0 Å². The number of nitrogens with one attached hydrogen (secondary N) is 1. The van der Waals surface area contributed by atoms with Crippen molar-refractivity contribution in [3.63, 3.8) is 0 Å². The van der Waals surface area contributed by atoms with Crippen LogP contribution in [0.4, 0.5) is 0 Å². The molecule has 0 spiro atoms. The number of ether oxygens (including phenoxy) is 2. The van der Waals surface area contributed by atoms with Gasteiger partial charge in [0.1, 0.15) is 5.75 Å². The standard InChI is InChI=1S/C16H23NO2/c1-17-16(11-15-3-2-10-18-15)12-4-6-13(7-5-12)19-14-8-9-14/h4-7,14-17H,2-3,8-11H2,1H3. The van der Waals surface area contributed by atoms with E-state index in [2.05, 4.69) is 29.6 Å². The number of rotatable bonds is 6. The molecule has 19 heavy (non-hydrogen) atoms. The van der Waals surface area contributed by atoms with Crippen molar-refractivity contribution < 1.29 is 9.47 Å². The number of benzene rings is 1. The van der Waals surface area contributed by atoms with Crippen LogP contribution in [0.15, 0.2) is 24.3 Å². The van der Waals surface area contributed by atoms with Crippen LogP contribution >= 0.6 is 0 Å². The molecule has 0 radical (unpaired) electrons. The molecule has 3 rings (SSSR count). The van der Waals surface area contributed by atoms with Crippen molar-refractivity contribution in [3.05, 3.63) is 29.8 Å². The van der Waals surface area contributed by atoms with Gasteiger partial charge in [-0.3, -0.25) is 0 Å². The van der Waals surface area contributed by atoms with Crippen molar-refractivity contribution in [2.24, 2.45) is 0 Å². The lowest BCUT2D eigenvalue weighted by Crippen LogP contribution is -2.22. The molecule has 1 saturated carbocycles. The number of hydrogen-bond donors (Lipinski definition) is 1. The van der Waals surface area contributed by atoms with Gasteiger partial charge < -0.3 is 14.8 Å². The van der Waals surface area contributed by atoms with E-state index in [1.807, 2.05) is 7.05 Å². The largest absolute Gasteiger partial charge is 0.490 e. The third kappa shape index (κ3) is 3.48. The Kier molecular flexibility index (Phi) is 4.04. The van der Waals surface area contributed by atoms with Gasteiger partial charge in [0, 0.05) is 12.6 Å². The first-order valence-electron chi connectivity index (χ1n) is 7.40. The molecule has 1 saturated heterocycles. The zero-order valence-corrected chi connectivity index (χ0v) is 11.6. The van der Waals surface area contributed by atoms with Crippen LogP contribution in [0.3, 0.4) is 0 Å². The first-order chi connectivity index (χ1) is 9.35. The zero-order chi connectivity index (χ0) is 13.1. The first kappa shape index (κ1) is 12.9. The maximum Gasteiger partial charge on any atom is 0.119 e. The summed E-state index contributed by atoms with van der Waals surface area (Å²) >= 11 is 0. The van der Waals surface area contributed by atoms with E-state index in [4.69, 9.17) is 9.47 Å². The van der Waals surface area contributed by atoms with Gasteiger partial charge in [0.05, 0.1) is 12.2 Å². The van der Waals surface area contributed by atoms with Gasteiger partial charge in [-0.25, -0.2) is 0 Å². The van der Waals surface area contributed by atoms with Crippen LogP contribution in [-0.2, 0) is 4.74 Å². The van der Waals surface area contributed by atoms with Crippen molar-refractivity contribution in [3.8, 4) is 5.75 Å². The van der Waals surface area contributed by atoms with Crippen LogP contribution in [0, 0.1) is 0 Å². The fraction of sp³-hybridized carbons (Fsp3) is 0.625. The molecule has 1 heterocycles. The fourth-order valence-electron chi connectivity index (χ4n) is 2.67. The lowest BCUT2D eigenvalue weighted by molar-refractivity contribution is 0.0954. The third-order valence-corrected chi connectivity index (χ3v) is 3.98. The lowest BCUT2D eigenvalue weighted by atomic mass is 9.99. The Labute approximate surface area is 115 Å². The highest BCUT2D eigenvalue weighted by molar-refractivity contribution is 5.29. The highest BCUT2D eigenvalue weighted by Crippen LogP contribution is 2.29. The maximum absolute atomic E-state index is 5.78. The Morgan fingerprint density at radius 3 is 2.63 bits per heavy atom. The maximum atomic E-state index is 5.78. The summed E-state index contributed by atoms with van der Waals surface area (Å²) in [4.78, 5) is 0. The van der Waals surface area contributed by atoms with Gasteiger partial charge in [0.15, 0.2) is 0 Å². The fourth-order valence-corrected chi connectivity index (χ4v) is 2.67. The highest BCUT2D eigenvalue weighted by atomic mass is 16.5. The summed E-state index contributed by atoms with van der Waals surface area (Å²) in [6.45, 7) is 0.926. The van der Waals surface area contributed by atoms with Crippen LogP contribution in [0.25, 0.3) is 0 Å². The molecule has 1 aromatic rings. The summed E-state index contributed by atoms with van der Waals surface area (Å²) in [5, 5.41) is 3.40. The minimum atomic E-state index is 0.373. The number of hydrogen-bond acceptors (Lipinski definition) is 3. The molecule has 0 amide bonds. The lowest BCUT2D eigenvalue weighted by Gasteiger charge is -2.20. The second kappa shape index (κ2) is 5.93. The molecule has 104 valence electrons. The summed E-state index contributed by atoms with van der Waals surface area (Å²) in [5.74, 6) is 0.998. The van der Waals surface area contributed by atoms with Crippen molar-refractivity contribution >= 4 is 0 Å². The molecule has 2 unspecified atom stereocenters. The topological polar surface area (TPSA) is 30.5 Å². The van der Waals surface area contributed by atoms with Gasteiger partial charge in [-0.05, 0) is 56.8 Å². The van der Waals surface area contributed by atoms with Crippen molar-refractivity contribution in [1.29, 1.82) is 0 Å². The predicted molar refractivity (Wildman–Crippen MR) is 75.5 cm³/mol. The molecular weight excluding hydrogens is 238 g/mol. The van der Waals surface area contributed by atoms with Crippen molar-refractivity contribution in [2.45, 2.75) is 50.4 Å². The van der Waals surface area contributed by atoms with E-state index in [1.54, 1.807) is 0 Å². The molecule has 3 heteroatoms. The summed E-state index contributed by atoms with van der Waals surface area (Å²) in [6, 6.07) is 8.90. The van der Waals surface area contributed by atoms with Crippen molar-refractivity contribution in [1.82, 2.24) is 5.32 Å². The van der Waals surface area contributed by atoms with Crippen LogP contribution < -0.4 is 10.1 Å². The molecule has 2 atom stereocenters. The molecule has 0 aromatic heterocycles. The van der Waals surface area contributed by atoms with E-state index in [0.29, 0.717) is 18.2 Å². The predicted octanol–water partition coefficient (Wildman–Crippen LogP) is 3.06. The van der Waals surface area contributed by atoms with E-state index in [1.165, 1.54) is 31.2 Å². The Balaban J connectivity index is 1.60. The second-order valence-electron chi connectivity index (χ2n) is 5.60. The van der Waals surface area contributed by atoms with Crippen LogP contribution in [0.1, 0.15) is 43.7 Å². The van der Waals surface area contributed by atoms with E-state index in [0.717, 1.165) is 18.8 Å². The molecule has 2 aliphatic rings. The molecule has 0 bridgehead atoms. The Morgan fingerprint density at radius 1 is 1.26 bits per heavy atom. The second-order valence-corrected chi connectivity index (χ2v) is 5.60. The highest BCUT2D eigenvalue weighted by Gasteiger charge is 2.24. The van der Waals surface area contributed by atoms with Gasteiger partial charge in [-0.2, -0.15) is 0 Å². The zero-order valence-electron chi connectivity index (χ0n) is 11.6. The van der Waals surface area contributed by atoms with E-state index in [-0.39, 0.29) is 0 Å². The molecule has 2 fully saturated rings. The molecular formula is C16H23NO2. The van der Waals surface area contributed by atoms with Gasteiger partial charge >= 0.3 is 0 Å². The van der Waals surface area contributed by atoms with E-state index in [9.17, 15) is 0 Å². The average Bonchev–Trinajstić information content (AvgIpc) is 3.10. The third-order valence-electron chi connectivity index (χ3n) is 3.98. The Bertz CT molecular complexity index is 394. The Morgan fingerprint density at radius 2 is 2.05 bits per heavy atom. The SMILES string of the molecule is CNC(CC1CCCO1)c1ccc(OC2CC2)cc1. The van der Waals surface area contributed by atoms with Crippen LogP contribution in [0.5, 0.6) is 5.75 Å². The minimum Gasteiger partial charge on any atom is -0.490 e. The van der Waals surface area contributed by atoms with Gasteiger partial charge in [-0.15, -0.1) is 0 Å². The summed E-state index contributed by atoms with van der Waals surface area (Å²) in [5.41, 5.74) is 1.32. The normalized spacial score (nSPS) is 24.4. The van der Waals surface area contributed by atoms with Crippen LogP contribution in [0.2, 0.25) is 0 Å². The summed E-state index contributed by atoms with van der Waals surface area (Å²) in [6.07, 6.45) is 6.76. The van der Waals surface area contributed by atoms with Gasteiger partial charge in [0.25, 0.3) is 0 Å². The average molecular weight is 261 g/mol. The minimum absolute atomic E-state index is 0.373. The smallest absolute Gasteiger partial charge is 0.119 e. The van der Waals surface area contributed by atoms with Crippen LogP contribution in [-0.4, -0.2) is 25.9 Å². The summed E-state index contributed by atoms with van der Waals surface area (Å²) in [7, 11) is 2.02. The monoisotopic (exact) mass is 261 g/mol. The van der Waals surface area contributed by atoms with Gasteiger partial charge in [0.2, 0.25) is 0 Å². The first-order valence-corrected chi connectivity index (χ1v) is 7.40. The molecule has 1 aliphatic heterocycles. The Hall–Kier alpha value is -1.06. The van der Waals surface area contributed by atoms with Crippen molar-refractivity contribution in [2.75, 3.05) is 13.7 Å².